The molecule has 194 valence electrons. The summed E-state index contributed by atoms with van der Waals surface area (Å²) in [6.45, 7) is 2.54. The van der Waals surface area contributed by atoms with Gasteiger partial charge in [0.1, 0.15) is 17.1 Å². The molecule has 4 heterocycles. The van der Waals surface area contributed by atoms with Gasteiger partial charge in [-0.3, -0.25) is 4.90 Å². The molecule has 4 N–H and O–H groups in total. The Morgan fingerprint density at radius 3 is 2.59 bits per heavy atom. The summed E-state index contributed by atoms with van der Waals surface area (Å²) in [7, 11) is 0. The summed E-state index contributed by atoms with van der Waals surface area (Å²) in [4.78, 5) is 23.1. The molecule has 0 spiro atoms. The van der Waals surface area contributed by atoms with E-state index in [4.69, 9.17) is 20.0 Å². The highest BCUT2D eigenvalue weighted by molar-refractivity contribution is 5.68. The molecule has 14 heteroatoms. The molecule has 1 saturated heterocycles. The number of fused-ring (bicyclic) bond motifs is 1. The second-order valence-corrected chi connectivity index (χ2v) is 8.36. The first-order valence-corrected chi connectivity index (χ1v) is 11.5. The van der Waals surface area contributed by atoms with Crippen molar-refractivity contribution in [2.75, 3.05) is 61.8 Å². The molecule has 1 aliphatic rings. The zero-order chi connectivity index (χ0) is 25.9. The van der Waals surface area contributed by atoms with E-state index >= 15 is 0 Å². The van der Waals surface area contributed by atoms with Crippen LogP contribution in [0.3, 0.4) is 0 Å². The maximum Gasteiger partial charge on any atom is 0.341 e. The Balaban J connectivity index is 1.14. The summed E-state index contributed by atoms with van der Waals surface area (Å²) in [5, 5.41) is 16.2. The van der Waals surface area contributed by atoms with Gasteiger partial charge in [-0.05, 0) is 12.1 Å². The molecule has 0 atom stereocenters. The van der Waals surface area contributed by atoms with Gasteiger partial charge in [-0.1, -0.05) is 0 Å². The summed E-state index contributed by atoms with van der Waals surface area (Å²) in [5.41, 5.74) is 7.01. The monoisotopic (exact) mass is 514 g/mol. The number of rotatable bonds is 9. The van der Waals surface area contributed by atoms with Crippen molar-refractivity contribution >= 4 is 29.2 Å². The molecule has 0 aliphatic carbocycles. The van der Waals surface area contributed by atoms with Crippen LogP contribution in [0.2, 0.25) is 0 Å². The lowest BCUT2D eigenvalue weighted by molar-refractivity contribution is -0.139. The van der Waals surface area contributed by atoms with Crippen LogP contribution in [-0.2, 0) is 4.79 Å². The SMILES string of the molecule is Nc1nc(NCCN2CCN(c3c(F)cc(OCC(=O)O)cc3F)CC2)nc2cc(-c3ccco3)nn12. The minimum absolute atomic E-state index is 0.146. The summed E-state index contributed by atoms with van der Waals surface area (Å²) >= 11 is 0. The van der Waals surface area contributed by atoms with E-state index in [0.717, 1.165) is 12.1 Å². The van der Waals surface area contributed by atoms with E-state index < -0.39 is 24.2 Å². The van der Waals surface area contributed by atoms with Crippen molar-refractivity contribution in [2.24, 2.45) is 0 Å². The van der Waals surface area contributed by atoms with Crippen molar-refractivity contribution in [1.82, 2.24) is 24.5 Å². The average molecular weight is 514 g/mol. The number of aliphatic carboxylic acids is 1. The number of carboxylic acids is 1. The van der Waals surface area contributed by atoms with Crippen LogP contribution in [0.1, 0.15) is 0 Å². The number of furan rings is 1. The van der Waals surface area contributed by atoms with Crippen molar-refractivity contribution in [2.45, 2.75) is 0 Å². The van der Waals surface area contributed by atoms with Crippen molar-refractivity contribution in [3.8, 4) is 17.2 Å². The summed E-state index contributed by atoms with van der Waals surface area (Å²) in [6, 6.07) is 7.31. The molecular formula is C23H24F2N8O4. The lowest BCUT2D eigenvalue weighted by Gasteiger charge is -2.36. The van der Waals surface area contributed by atoms with Gasteiger partial charge in [0, 0.05) is 57.5 Å². The topological polar surface area (TPSA) is 147 Å². The number of ether oxygens (including phenoxy) is 1. The predicted octanol–water partition coefficient (Wildman–Crippen LogP) is 1.94. The first-order chi connectivity index (χ1) is 17.9. The molecule has 5 rings (SSSR count). The highest BCUT2D eigenvalue weighted by atomic mass is 19.1. The van der Waals surface area contributed by atoms with E-state index in [2.05, 4.69) is 25.3 Å². The van der Waals surface area contributed by atoms with Gasteiger partial charge in [0.05, 0.1) is 6.26 Å². The molecule has 1 aliphatic heterocycles. The number of benzene rings is 1. The summed E-state index contributed by atoms with van der Waals surface area (Å²) in [6.07, 6.45) is 1.56. The first kappa shape index (κ1) is 24.2. The minimum Gasteiger partial charge on any atom is -0.482 e. The number of hydrogen-bond acceptors (Lipinski definition) is 10. The fourth-order valence-corrected chi connectivity index (χ4v) is 4.13. The highest BCUT2D eigenvalue weighted by Crippen LogP contribution is 2.29. The predicted molar refractivity (Wildman–Crippen MR) is 130 cm³/mol. The number of carbonyl (C=O) groups is 1. The third kappa shape index (κ3) is 5.38. The van der Waals surface area contributed by atoms with E-state index in [1.165, 1.54) is 4.52 Å². The second-order valence-electron chi connectivity index (χ2n) is 8.36. The standard InChI is InChI=1S/C23H24F2N8O4/c24-15-10-14(37-13-20(34)35)11-16(25)21(15)32-7-5-31(6-8-32)4-3-27-23-28-19-12-17(18-2-1-9-36-18)30-33(19)22(26)29-23/h1-2,9-12H,3-8,13H2,(H,34,35)(H3,26,27,28,29). The number of nitrogens with two attached hydrogens (primary N) is 1. The molecule has 1 aromatic carbocycles. The van der Waals surface area contributed by atoms with Crippen LogP contribution in [-0.4, -0.2) is 81.4 Å². The van der Waals surface area contributed by atoms with Crippen LogP contribution in [0.4, 0.5) is 26.4 Å². The molecular weight excluding hydrogens is 490 g/mol. The van der Waals surface area contributed by atoms with Crippen LogP contribution in [0, 0.1) is 11.6 Å². The maximum absolute atomic E-state index is 14.6. The van der Waals surface area contributed by atoms with Crippen molar-refractivity contribution in [3.63, 3.8) is 0 Å². The zero-order valence-corrected chi connectivity index (χ0v) is 19.6. The fraction of sp³-hybridized carbons (Fsp3) is 0.304. The highest BCUT2D eigenvalue weighted by Gasteiger charge is 2.23. The molecule has 0 radical (unpaired) electrons. The van der Waals surface area contributed by atoms with Crippen LogP contribution >= 0.6 is 0 Å². The van der Waals surface area contributed by atoms with Gasteiger partial charge in [-0.15, -0.1) is 0 Å². The molecule has 0 amide bonds. The molecule has 37 heavy (non-hydrogen) atoms. The van der Waals surface area contributed by atoms with E-state index in [-0.39, 0.29) is 17.4 Å². The molecule has 0 bridgehead atoms. The van der Waals surface area contributed by atoms with Gasteiger partial charge in [-0.25, -0.2) is 13.6 Å². The first-order valence-electron chi connectivity index (χ1n) is 11.5. The van der Waals surface area contributed by atoms with Crippen molar-refractivity contribution < 1.29 is 27.8 Å². The molecule has 1 fully saturated rings. The Morgan fingerprint density at radius 2 is 1.92 bits per heavy atom. The number of aromatic nitrogens is 4. The zero-order valence-electron chi connectivity index (χ0n) is 19.6. The number of carboxylic acid groups (broad SMARTS) is 1. The molecule has 4 aromatic rings. The lowest BCUT2D eigenvalue weighted by atomic mass is 10.2. The van der Waals surface area contributed by atoms with E-state index in [1.54, 1.807) is 29.4 Å². The molecule has 0 unspecified atom stereocenters. The number of halogens is 2. The average Bonchev–Trinajstić information content (AvgIpc) is 3.54. The van der Waals surface area contributed by atoms with Crippen molar-refractivity contribution in [1.29, 1.82) is 0 Å². The van der Waals surface area contributed by atoms with E-state index in [0.29, 0.717) is 62.3 Å². The van der Waals surface area contributed by atoms with E-state index in [9.17, 15) is 13.6 Å². The third-order valence-electron chi connectivity index (χ3n) is 5.87. The van der Waals surface area contributed by atoms with E-state index in [1.807, 2.05) is 0 Å². The Bertz CT molecular complexity index is 1380. The summed E-state index contributed by atoms with van der Waals surface area (Å²) in [5.74, 6) is -1.84. The van der Waals surface area contributed by atoms with Gasteiger partial charge in [0.2, 0.25) is 11.9 Å². The maximum atomic E-state index is 14.6. The smallest absolute Gasteiger partial charge is 0.341 e. The second kappa shape index (κ2) is 10.3. The quantitative estimate of drug-likeness (QED) is 0.301. The number of piperazine rings is 1. The van der Waals surface area contributed by atoms with Gasteiger partial charge in [0.25, 0.3) is 0 Å². The normalized spacial score (nSPS) is 14.3. The Kier molecular flexibility index (Phi) is 6.72. The van der Waals surface area contributed by atoms with Crippen LogP contribution in [0.25, 0.3) is 17.1 Å². The molecule has 3 aromatic heterocycles. The van der Waals surface area contributed by atoms with Crippen LogP contribution in [0.15, 0.2) is 41.0 Å². The summed E-state index contributed by atoms with van der Waals surface area (Å²) < 4.78 is 40.8. The Morgan fingerprint density at radius 1 is 1.16 bits per heavy atom. The van der Waals surface area contributed by atoms with Crippen LogP contribution in [0.5, 0.6) is 5.75 Å². The van der Waals surface area contributed by atoms with Crippen LogP contribution < -0.4 is 20.7 Å². The fourth-order valence-electron chi connectivity index (χ4n) is 4.13. The number of nitrogens with one attached hydrogen (secondary N) is 1. The van der Waals surface area contributed by atoms with Gasteiger partial charge in [-0.2, -0.15) is 19.6 Å². The number of hydrogen-bond donors (Lipinski definition) is 3. The third-order valence-corrected chi connectivity index (χ3v) is 5.87. The largest absolute Gasteiger partial charge is 0.482 e. The minimum atomic E-state index is -1.23. The molecule has 12 nitrogen and oxygen atoms in total. The number of nitrogens with zero attached hydrogens (tertiary/aromatic N) is 6. The number of nitrogen functional groups attached to an aromatic ring is 1. The Labute approximate surface area is 209 Å². The van der Waals surface area contributed by atoms with Gasteiger partial charge < -0.3 is 30.2 Å². The van der Waals surface area contributed by atoms with Gasteiger partial charge >= 0.3 is 5.97 Å². The molecule has 0 saturated carbocycles. The Hall–Kier alpha value is -4.46. The number of anilines is 3. The lowest BCUT2D eigenvalue weighted by Crippen LogP contribution is -2.48. The van der Waals surface area contributed by atoms with Gasteiger partial charge in [0.15, 0.2) is 29.6 Å². The van der Waals surface area contributed by atoms with Crippen molar-refractivity contribution in [3.05, 3.63) is 48.2 Å².